The largest absolute Gasteiger partial charge is 0.372 e. The Bertz CT molecular complexity index is 326. The van der Waals surface area contributed by atoms with Gasteiger partial charge in [0.05, 0.1) is 6.10 Å². The highest BCUT2D eigenvalue weighted by molar-refractivity contribution is 6.30. The smallest absolute Gasteiger partial charge is 0.0975 e. The van der Waals surface area contributed by atoms with Crippen LogP contribution in [0.5, 0.6) is 0 Å². The van der Waals surface area contributed by atoms with Crippen LogP contribution in [-0.2, 0) is 4.74 Å². The molecule has 0 aliphatic rings. The van der Waals surface area contributed by atoms with Crippen molar-refractivity contribution in [2.45, 2.75) is 51.7 Å². The maximum Gasteiger partial charge on any atom is 0.0975 e. The van der Waals surface area contributed by atoms with Crippen LogP contribution in [0.1, 0.15) is 51.2 Å². The molecule has 0 aliphatic carbocycles. The van der Waals surface area contributed by atoms with E-state index < -0.39 is 0 Å². The van der Waals surface area contributed by atoms with Crippen molar-refractivity contribution < 1.29 is 4.74 Å². The Morgan fingerprint density at radius 1 is 1.17 bits per heavy atom. The van der Waals surface area contributed by atoms with Gasteiger partial charge in [0.25, 0.3) is 0 Å². The van der Waals surface area contributed by atoms with Gasteiger partial charge in [0.1, 0.15) is 0 Å². The van der Waals surface area contributed by atoms with E-state index in [0.717, 1.165) is 30.0 Å². The van der Waals surface area contributed by atoms with Crippen molar-refractivity contribution >= 4 is 11.6 Å². The molecule has 18 heavy (non-hydrogen) atoms. The first-order valence-electron chi connectivity index (χ1n) is 6.81. The first-order valence-corrected chi connectivity index (χ1v) is 7.19. The van der Waals surface area contributed by atoms with Crippen LogP contribution in [0.2, 0.25) is 5.02 Å². The van der Waals surface area contributed by atoms with Crippen molar-refractivity contribution in [1.29, 1.82) is 0 Å². The van der Waals surface area contributed by atoms with E-state index in [4.69, 9.17) is 22.1 Å². The molecule has 0 fully saturated rings. The molecule has 2 N–H and O–H groups in total. The monoisotopic (exact) mass is 269 g/mol. The highest BCUT2D eigenvalue weighted by Gasteiger charge is 2.18. The summed E-state index contributed by atoms with van der Waals surface area (Å²) in [7, 11) is 0. The summed E-state index contributed by atoms with van der Waals surface area (Å²) >= 11 is 5.90. The highest BCUT2D eigenvalue weighted by atomic mass is 35.5. The van der Waals surface area contributed by atoms with Crippen LogP contribution in [0, 0.1) is 0 Å². The Labute approximate surface area is 115 Å². The van der Waals surface area contributed by atoms with E-state index in [1.807, 2.05) is 24.3 Å². The van der Waals surface area contributed by atoms with E-state index >= 15 is 0 Å². The molecule has 0 aromatic heterocycles. The molecule has 3 heteroatoms. The summed E-state index contributed by atoms with van der Waals surface area (Å²) in [5.74, 6) is 0. The number of nitrogens with two attached hydrogens (primary N) is 1. The number of hydrogen-bond donors (Lipinski definition) is 1. The first kappa shape index (κ1) is 15.5. The third kappa shape index (κ3) is 4.97. The summed E-state index contributed by atoms with van der Waals surface area (Å²) in [6.07, 6.45) is 4.38. The molecule has 1 aromatic rings. The van der Waals surface area contributed by atoms with Crippen LogP contribution < -0.4 is 5.73 Å². The lowest BCUT2D eigenvalue weighted by atomic mass is 10.0. The summed E-state index contributed by atoms with van der Waals surface area (Å²) in [6, 6.07) is 7.82. The molecular formula is C15H24ClNO. The zero-order valence-corrected chi connectivity index (χ0v) is 12.1. The minimum Gasteiger partial charge on any atom is -0.372 e. The minimum atomic E-state index is -0.0240. The van der Waals surface area contributed by atoms with Crippen molar-refractivity contribution in [1.82, 2.24) is 0 Å². The Balaban J connectivity index is 2.63. The van der Waals surface area contributed by atoms with Gasteiger partial charge >= 0.3 is 0 Å². The van der Waals surface area contributed by atoms with Gasteiger partial charge in [-0.05, 0) is 30.5 Å². The van der Waals surface area contributed by atoms with Gasteiger partial charge < -0.3 is 10.5 Å². The zero-order valence-electron chi connectivity index (χ0n) is 11.4. The summed E-state index contributed by atoms with van der Waals surface area (Å²) < 4.78 is 5.95. The van der Waals surface area contributed by atoms with E-state index in [1.54, 1.807) is 0 Å². The van der Waals surface area contributed by atoms with Crippen LogP contribution in [0.4, 0.5) is 0 Å². The molecule has 0 saturated carbocycles. The van der Waals surface area contributed by atoms with E-state index in [2.05, 4.69) is 13.8 Å². The maximum atomic E-state index is 6.14. The lowest BCUT2D eigenvalue weighted by Gasteiger charge is -2.24. The lowest BCUT2D eigenvalue weighted by molar-refractivity contribution is 0.0313. The number of hydrogen-bond acceptors (Lipinski definition) is 2. The Kier molecular flexibility index (Phi) is 7.33. The Morgan fingerprint density at radius 2 is 1.83 bits per heavy atom. The lowest BCUT2D eigenvalue weighted by Crippen LogP contribution is -2.29. The van der Waals surface area contributed by atoms with Gasteiger partial charge in [-0.3, -0.25) is 0 Å². The molecule has 0 heterocycles. The Hall–Kier alpha value is -0.570. The summed E-state index contributed by atoms with van der Waals surface area (Å²) in [4.78, 5) is 0. The predicted octanol–water partition coefficient (Wildman–Crippen LogP) is 4.33. The normalized spacial score (nSPS) is 14.4. The van der Waals surface area contributed by atoms with Gasteiger partial charge in [-0.15, -0.1) is 0 Å². The number of unbranched alkanes of at least 4 members (excludes halogenated alkanes) is 2. The molecule has 2 nitrogen and oxygen atoms in total. The van der Waals surface area contributed by atoms with Crippen LogP contribution in [0.25, 0.3) is 0 Å². The van der Waals surface area contributed by atoms with Crippen LogP contribution in [0.3, 0.4) is 0 Å². The van der Waals surface area contributed by atoms with E-state index in [9.17, 15) is 0 Å². The molecule has 2 unspecified atom stereocenters. The van der Waals surface area contributed by atoms with E-state index in [0.29, 0.717) is 0 Å². The van der Waals surface area contributed by atoms with Crippen molar-refractivity contribution in [3.05, 3.63) is 34.9 Å². The average molecular weight is 270 g/mol. The molecule has 0 amide bonds. The molecular weight excluding hydrogens is 246 g/mol. The van der Waals surface area contributed by atoms with Gasteiger partial charge in [0, 0.05) is 17.7 Å². The molecule has 2 atom stereocenters. The molecule has 0 radical (unpaired) electrons. The third-order valence-corrected chi connectivity index (χ3v) is 3.36. The fraction of sp³-hybridized carbons (Fsp3) is 0.600. The fourth-order valence-corrected chi connectivity index (χ4v) is 2.02. The second-order valence-electron chi connectivity index (χ2n) is 4.62. The molecule has 0 aliphatic heterocycles. The number of ether oxygens (including phenoxy) is 1. The standard InChI is InChI=1S/C15H24ClNO/c1-3-5-6-11-18-15(14(17)4-2)12-7-9-13(16)10-8-12/h7-10,14-15H,3-6,11,17H2,1-2H3. The number of rotatable bonds is 8. The minimum absolute atomic E-state index is 0.0240. The van der Waals surface area contributed by atoms with Crippen LogP contribution >= 0.6 is 11.6 Å². The zero-order chi connectivity index (χ0) is 13.4. The summed E-state index contributed by atoms with van der Waals surface area (Å²) in [6.45, 7) is 5.05. The molecule has 0 spiro atoms. The summed E-state index contributed by atoms with van der Waals surface area (Å²) in [5, 5.41) is 0.744. The second kappa shape index (κ2) is 8.52. The number of halogens is 1. The van der Waals surface area contributed by atoms with E-state index in [-0.39, 0.29) is 12.1 Å². The molecule has 1 rings (SSSR count). The van der Waals surface area contributed by atoms with Crippen molar-refractivity contribution in [3.8, 4) is 0 Å². The van der Waals surface area contributed by atoms with Gasteiger partial charge in [-0.1, -0.05) is 50.4 Å². The Morgan fingerprint density at radius 3 is 2.39 bits per heavy atom. The van der Waals surface area contributed by atoms with Crippen molar-refractivity contribution in [3.63, 3.8) is 0 Å². The quantitative estimate of drug-likeness (QED) is 0.713. The SMILES string of the molecule is CCCCCOC(c1ccc(Cl)cc1)C(N)CC. The highest BCUT2D eigenvalue weighted by Crippen LogP contribution is 2.24. The van der Waals surface area contributed by atoms with Gasteiger partial charge in [0.15, 0.2) is 0 Å². The van der Waals surface area contributed by atoms with E-state index in [1.165, 1.54) is 12.8 Å². The predicted molar refractivity (Wildman–Crippen MR) is 77.9 cm³/mol. The van der Waals surface area contributed by atoms with Crippen LogP contribution in [0.15, 0.2) is 24.3 Å². The average Bonchev–Trinajstić information content (AvgIpc) is 2.39. The van der Waals surface area contributed by atoms with Gasteiger partial charge in [-0.25, -0.2) is 0 Å². The van der Waals surface area contributed by atoms with Crippen molar-refractivity contribution in [2.75, 3.05) is 6.61 Å². The molecule has 102 valence electrons. The number of benzene rings is 1. The molecule has 0 bridgehead atoms. The molecule has 0 saturated heterocycles. The van der Waals surface area contributed by atoms with Gasteiger partial charge in [0.2, 0.25) is 0 Å². The maximum absolute atomic E-state index is 6.14. The fourth-order valence-electron chi connectivity index (χ4n) is 1.90. The first-order chi connectivity index (χ1) is 8.69. The summed E-state index contributed by atoms with van der Waals surface area (Å²) in [5.41, 5.74) is 7.26. The molecule has 1 aromatic carbocycles. The van der Waals surface area contributed by atoms with Crippen LogP contribution in [-0.4, -0.2) is 12.6 Å². The van der Waals surface area contributed by atoms with Gasteiger partial charge in [-0.2, -0.15) is 0 Å². The third-order valence-electron chi connectivity index (χ3n) is 3.10. The topological polar surface area (TPSA) is 35.2 Å². The second-order valence-corrected chi connectivity index (χ2v) is 5.06. The van der Waals surface area contributed by atoms with Crippen molar-refractivity contribution in [2.24, 2.45) is 5.73 Å².